The van der Waals surface area contributed by atoms with E-state index in [9.17, 15) is 31.5 Å². The van der Waals surface area contributed by atoms with Crippen LogP contribution in [0.1, 0.15) is 159 Å². The van der Waals surface area contributed by atoms with Crippen molar-refractivity contribution in [2.75, 3.05) is 17.2 Å². The molecule has 1 aromatic heterocycles. The van der Waals surface area contributed by atoms with Gasteiger partial charge in [0.2, 0.25) is 14.9 Å². The molecule has 11 heteroatoms. The average molecular weight is 885 g/mol. The molecule has 5 N–H and O–H groups in total. The summed E-state index contributed by atoms with van der Waals surface area (Å²) >= 11 is 0. The first kappa shape index (κ1) is 45.2. The molecule has 0 unspecified atom stereocenters. The maximum atomic E-state index is 14.7. The highest BCUT2D eigenvalue weighted by molar-refractivity contribution is 7.92. The fraction of sp³-hybridized carbons (Fsp3) is 0.519. The van der Waals surface area contributed by atoms with Gasteiger partial charge >= 0.3 is 0 Å². The number of fused-ring (bicyclic) bond motifs is 3. The first-order chi connectivity index (χ1) is 29.8. The third kappa shape index (κ3) is 9.56. The summed E-state index contributed by atoms with van der Waals surface area (Å²) in [6.45, 7) is 11.4. The van der Waals surface area contributed by atoms with Crippen LogP contribution in [0.25, 0.3) is 5.57 Å². The van der Waals surface area contributed by atoms with Gasteiger partial charge in [0.1, 0.15) is 23.2 Å². The molecule has 0 bridgehead atoms. The minimum absolute atomic E-state index is 0.0205. The van der Waals surface area contributed by atoms with Gasteiger partial charge in [0.05, 0.1) is 11.9 Å². The van der Waals surface area contributed by atoms with Crippen LogP contribution in [-0.4, -0.2) is 25.1 Å². The number of nitrogen functional groups attached to an aromatic ring is 2. The lowest BCUT2D eigenvalue weighted by Crippen LogP contribution is -2.20. The number of allylic oxidation sites excluding steroid dienone is 1. The van der Waals surface area contributed by atoms with Gasteiger partial charge < -0.3 is 21.0 Å². The molecule has 6 aliphatic rings. The van der Waals surface area contributed by atoms with Crippen LogP contribution < -0.4 is 11.5 Å². The van der Waals surface area contributed by atoms with E-state index in [2.05, 4.69) is 20.4 Å². The Morgan fingerprint density at radius 2 is 1.22 bits per heavy atom. The second kappa shape index (κ2) is 17.6. The van der Waals surface area contributed by atoms with Gasteiger partial charge in [-0.1, -0.05) is 20.4 Å². The van der Waals surface area contributed by atoms with E-state index in [-0.39, 0.29) is 34.9 Å². The molecular weight excluding hydrogens is 822 g/mol. The highest BCUT2D eigenvalue weighted by Crippen LogP contribution is 2.48. The van der Waals surface area contributed by atoms with Crippen molar-refractivity contribution < 1.29 is 35.9 Å². The van der Waals surface area contributed by atoms with Crippen LogP contribution >= 0.6 is 0 Å². The van der Waals surface area contributed by atoms with Crippen LogP contribution in [0.5, 0.6) is 0 Å². The van der Waals surface area contributed by atoms with Crippen LogP contribution in [0, 0.1) is 35.2 Å². The van der Waals surface area contributed by atoms with Crippen molar-refractivity contribution in [3.05, 3.63) is 116 Å². The molecule has 63 heavy (non-hydrogen) atoms. The van der Waals surface area contributed by atoms with E-state index < -0.39 is 27.0 Å². The molecule has 0 radical (unpaired) electrons. The average Bonchev–Trinajstić information content (AvgIpc) is 4.20. The molecule has 338 valence electrons. The number of rotatable bonds is 12. The van der Waals surface area contributed by atoms with Crippen LogP contribution in [0.3, 0.4) is 0 Å². The highest BCUT2D eigenvalue weighted by Gasteiger charge is 2.36. The zero-order chi connectivity index (χ0) is 45.1. The fourth-order valence-electron chi connectivity index (χ4n) is 10.3. The van der Waals surface area contributed by atoms with Gasteiger partial charge in [-0.05, 0) is 214 Å². The Labute approximate surface area is 370 Å². The minimum Gasteiger partial charge on any atom is -0.453 e. The first-order valence-corrected chi connectivity index (χ1v) is 24.8. The summed E-state index contributed by atoms with van der Waals surface area (Å²) in [4.78, 5) is 12.9. The molecule has 3 aromatic carbocycles. The maximum absolute atomic E-state index is 14.7. The summed E-state index contributed by atoms with van der Waals surface area (Å²) in [5, 5.41) is 9.71. The largest absolute Gasteiger partial charge is 0.453 e. The van der Waals surface area contributed by atoms with Crippen molar-refractivity contribution in [3.63, 3.8) is 0 Å². The summed E-state index contributed by atoms with van der Waals surface area (Å²) in [5.74, 6) is 0.930. The van der Waals surface area contributed by atoms with Crippen LogP contribution in [0.4, 0.5) is 24.5 Å². The second-order valence-corrected chi connectivity index (χ2v) is 21.7. The molecule has 2 atom stereocenters. The number of hydrogen-bond acceptors (Lipinski definition) is 7. The molecule has 6 aliphatic carbocycles. The van der Waals surface area contributed by atoms with Crippen molar-refractivity contribution in [2.45, 2.75) is 153 Å². The summed E-state index contributed by atoms with van der Waals surface area (Å²) in [6, 6.07) is 6.13. The van der Waals surface area contributed by atoms with Crippen molar-refractivity contribution >= 4 is 32.6 Å². The monoisotopic (exact) mass is 884 g/mol. The summed E-state index contributed by atoms with van der Waals surface area (Å²) in [5.41, 5.74) is 23.2. The van der Waals surface area contributed by atoms with E-state index in [0.717, 1.165) is 137 Å². The second-order valence-electron chi connectivity index (χ2n) is 19.8. The number of carbonyl (C=O) groups excluding carboxylic acids is 1. The number of halogens is 3. The van der Waals surface area contributed by atoms with E-state index >= 15 is 0 Å². The van der Waals surface area contributed by atoms with Gasteiger partial charge in [0.25, 0.3) is 0 Å². The number of furan rings is 1. The lowest BCUT2D eigenvalue weighted by atomic mass is 9.85. The molecule has 3 fully saturated rings. The fourth-order valence-corrected chi connectivity index (χ4v) is 11.5. The number of nitrogens with two attached hydrogens (primary N) is 2. The smallest absolute Gasteiger partial charge is 0.218 e. The number of ketones is 1. The number of benzene rings is 3. The zero-order valence-electron chi connectivity index (χ0n) is 37.3. The maximum Gasteiger partial charge on any atom is 0.218 e. The van der Waals surface area contributed by atoms with Gasteiger partial charge in [-0.15, -0.1) is 0 Å². The molecule has 4 aromatic rings. The number of Topliss-reactive ketones (excluding diaryl/α,β-unsaturated/α-hetero) is 1. The summed E-state index contributed by atoms with van der Waals surface area (Å²) in [6.07, 6.45) is 16.2. The SMILES string of the molecule is C=C(c1cc(F)c2c(c1N)CCC2)C1CC1.C[C@H](c1cc(F)c2c(c1CC(=O)CS(=O)(=O)c1cc(C(C)(C)O)co1)CCC2)C1CC1.C[C@H](c1cc(F)c2c(c1N)CCC2)C1CC1. The van der Waals surface area contributed by atoms with Crippen LogP contribution in [0.15, 0.2) is 46.6 Å². The topological polar surface area (TPSA) is 137 Å². The Balaban J connectivity index is 0.000000142. The van der Waals surface area contributed by atoms with Gasteiger partial charge in [-0.25, -0.2) is 21.6 Å². The first-order valence-electron chi connectivity index (χ1n) is 23.1. The Bertz CT molecular complexity index is 2560. The third-order valence-electron chi connectivity index (χ3n) is 14.7. The Morgan fingerprint density at radius 1 is 0.746 bits per heavy atom. The van der Waals surface area contributed by atoms with Crippen molar-refractivity contribution in [3.8, 4) is 0 Å². The van der Waals surface area contributed by atoms with E-state index in [1.165, 1.54) is 51.9 Å². The lowest BCUT2D eigenvalue weighted by molar-refractivity contribution is -0.116. The number of aliphatic hydroxyl groups is 1. The van der Waals surface area contributed by atoms with Gasteiger partial charge in [-0.2, -0.15) is 0 Å². The molecule has 10 rings (SSSR count). The Morgan fingerprint density at radius 3 is 1.75 bits per heavy atom. The number of sulfone groups is 1. The van der Waals surface area contributed by atoms with Crippen molar-refractivity contribution in [1.82, 2.24) is 0 Å². The van der Waals surface area contributed by atoms with E-state index in [1.54, 1.807) is 18.2 Å². The number of carbonyl (C=O) groups is 1. The van der Waals surface area contributed by atoms with E-state index in [1.807, 2.05) is 0 Å². The number of anilines is 2. The predicted molar refractivity (Wildman–Crippen MR) is 243 cm³/mol. The quantitative estimate of drug-likeness (QED) is 0.121. The normalized spacial score (nSPS) is 18.7. The minimum atomic E-state index is -3.98. The molecule has 0 spiro atoms. The van der Waals surface area contributed by atoms with Crippen LogP contribution in [-0.2, 0) is 65.2 Å². The van der Waals surface area contributed by atoms with Gasteiger partial charge in [-0.3, -0.25) is 4.79 Å². The molecule has 3 saturated carbocycles. The molecule has 1 heterocycles. The predicted octanol–water partition coefficient (Wildman–Crippen LogP) is 11.0. The molecule has 7 nitrogen and oxygen atoms in total. The zero-order valence-corrected chi connectivity index (χ0v) is 38.1. The van der Waals surface area contributed by atoms with E-state index in [4.69, 9.17) is 15.9 Å². The standard InChI is InChI=1S/C24H29FO5S.C14H18FN.C14H16FN/c1-14(15-7-8-15)20-11-22(25)19-6-4-5-18(19)21(20)10-17(26)13-31(28,29)23-9-16(12-30-23)24(2,3)27;2*1-8(9-5-6-9)12-7-13(15)10-3-2-4-11(10)14(12)16/h9,11-12,14-15,27H,4-8,10,13H2,1-3H3;7-9H,2-6,16H2,1H3;7,9H,1-6,16H2/t14-;8-;/m00./s1. The Hall–Kier alpha value is -4.35. The van der Waals surface area contributed by atoms with Gasteiger partial charge in [0, 0.05) is 35.0 Å². The summed E-state index contributed by atoms with van der Waals surface area (Å²) < 4.78 is 73.1. The molecular formula is C52H63F3N2O5S. The van der Waals surface area contributed by atoms with Crippen LogP contribution in [0.2, 0.25) is 0 Å². The lowest BCUT2D eigenvalue weighted by Gasteiger charge is -2.20. The number of hydrogen-bond donors (Lipinski definition) is 3. The van der Waals surface area contributed by atoms with E-state index in [0.29, 0.717) is 35.3 Å². The molecule has 0 aliphatic heterocycles. The molecule has 0 saturated heterocycles. The highest BCUT2D eigenvalue weighted by atomic mass is 32.2. The van der Waals surface area contributed by atoms with Crippen molar-refractivity contribution in [2.24, 2.45) is 17.8 Å². The summed E-state index contributed by atoms with van der Waals surface area (Å²) in [7, 11) is -3.98. The van der Waals surface area contributed by atoms with Gasteiger partial charge in [0.15, 0.2) is 5.78 Å². The third-order valence-corrected chi connectivity index (χ3v) is 16.2. The molecule has 0 amide bonds. The Kier molecular flexibility index (Phi) is 12.6. The van der Waals surface area contributed by atoms with Crippen molar-refractivity contribution in [1.29, 1.82) is 0 Å².